The highest BCUT2D eigenvalue weighted by atomic mass is 32.1. The van der Waals surface area contributed by atoms with E-state index < -0.39 is 0 Å². The molecule has 2 aromatic heterocycles. The zero-order chi connectivity index (χ0) is 17.8. The molecular weight excluding hydrogens is 340 g/mol. The molecule has 0 aliphatic rings. The summed E-state index contributed by atoms with van der Waals surface area (Å²) in [5.74, 6) is 0. The van der Waals surface area contributed by atoms with E-state index in [1.165, 1.54) is 11.7 Å². The molecule has 2 amide bonds. The number of nitrogens with one attached hydrogen (secondary N) is 1. The van der Waals surface area contributed by atoms with Gasteiger partial charge in [0, 0.05) is 33.9 Å². The number of methoxy groups -OCH3 is 1. The summed E-state index contributed by atoms with van der Waals surface area (Å²) in [5.41, 5.74) is 3.61. The summed E-state index contributed by atoms with van der Waals surface area (Å²) in [4.78, 5) is 14.2. The van der Waals surface area contributed by atoms with Crippen LogP contribution in [-0.4, -0.2) is 50.2 Å². The number of hydrogen-bond donors (Lipinski definition) is 1. The standard InChI is InChI=1S/C16H20N6O2S/c1-21(9-11-4-5-12-13(8-11)20-25-19-12)16(23)18-14(10-24-3)15-6-7-17-22(15)2/h4-8,14H,9-10H2,1-3H3,(H,18,23)/t14-/m1/s1. The van der Waals surface area contributed by atoms with E-state index in [-0.39, 0.29) is 12.1 Å². The summed E-state index contributed by atoms with van der Waals surface area (Å²) in [6, 6.07) is 7.26. The predicted octanol–water partition coefficient (Wildman–Crippen LogP) is 1.95. The van der Waals surface area contributed by atoms with Crippen LogP contribution in [0.15, 0.2) is 30.5 Å². The predicted molar refractivity (Wildman–Crippen MR) is 95.2 cm³/mol. The molecule has 25 heavy (non-hydrogen) atoms. The number of urea groups is 1. The lowest BCUT2D eigenvalue weighted by molar-refractivity contribution is 0.154. The Kier molecular flexibility index (Phi) is 5.25. The molecule has 2 heterocycles. The van der Waals surface area contributed by atoms with E-state index in [9.17, 15) is 4.79 Å². The number of hydrogen-bond acceptors (Lipinski definition) is 6. The molecule has 1 aromatic carbocycles. The van der Waals surface area contributed by atoms with Crippen molar-refractivity contribution in [2.24, 2.45) is 7.05 Å². The maximum Gasteiger partial charge on any atom is 0.318 e. The van der Waals surface area contributed by atoms with Gasteiger partial charge in [0.1, 0.15) is 11.0 Å². The lowest BCUT2D eigenvalue weighted by atomic mass is 10.2. The van der Waals surface area contributed by atoms with E-state index in [1.54, 1.807) is 29.9 Å². The fourth-order valence-corrected chi connectivity index (χ4v) is 3.14. The van der Waals surface area contributed by atoms with Gasteiger partial charge in [-0.1, -0.05) is 6.07 Å². The molecule has 1 atom stereocenters. The van der Waals surface area contributed by atoms with Crippen molar-refractivity contribution in [3.8, 4) is 0 Å². The molecule has 0 fully saturated rings. The summed E-state index contributed by atoms with van der Waals surface area (Å²) >= 11 is 1.19. The molecule has 1 N–H and O–H groups in total. The van der Waals surface area contributed by atoms with Gasteiger partial charge in [0.05, 0.1) is 30.1 Å². The second-order valence-electron chi connectivity index (χ2n) is 5.78. The van der Waals surface area contributed by atoms with Gasteiger partial charge in [-0.3, -0.25) is 4.68 Å². The van der Waals surface area contributed by atoms with Crippen molar-refractivity contribution in [1.29, 1.82) is 0 Å². The van der Waals surface area contributed by atoms with Crippen LogP contribution in [0.25, 0.3) is 11.0 Å². The van der Waals surface area contributed by atoms with Crippen molar-refractivity contribution in [2.75, 3.05) is 20.8 Å². The number of aromatic nitrogens is 4. The fraction of sp³-hybridized carbons (Fsp3) is 0.375. The summed E-state index contributed by atoms with van der Waals surface area (Å²) in [6.07, 6.45) is 1.70. The molecule has 8 nitrogen and oxygen atoms in total. The Morgan fingerprint density at radius 1 is 1.36 bits per heavy atom. The Morgan fingerprint density at radius 2 is 2.16 bits per heavy atom. The van der Waals surface area contributed by atoms with Gasteiger partial charge in [-0.15, -0.1) is 0 Å². The van der Waals surface area contributed by atoms with Crippen LogP contribution in [0, 0.1) is 0 Å². The van der Waals surface area contributed by atoms with Crippen LogP contribution in [0.4, 0.5) is 4.79 Å². The van der Waals surface area contributed by atoms with Crippen LogP contribution < -0.4 is 5.32 Å². The molecule has 132 valence electrons. The maximum absolute atomic E-state index is 12.6. The van der Waals surface area contributed by atoms with Crippen LogP contribution in [0.5, 0.6) is 0 Å². The number of benzene rings is 1. The average Bonchev–Trinajstić information content (AvgIpc) is 3.22. The smallest absolute Gasteiger partial charge is 0.318 e. The van der Waals surface area contributed by atoms with E-state index in [2.05, 4.69) is 19.2 Å². The number of fused-ring (bicyclic) bond motifs is 1. The number of ether oxygens (including phenoxy) is 1. The number of carbonyl (C=O) groups excluding carboxylic acids is 1. The van der Waals surface area contributed by atoms with Gasteiger partial charge in [-0.05, 0) is 23.8 Å². The highest BCUT2D eigenvalue weighted by Gasteiger charge is 2.20. The van der Waals surface area contributed by atoms with Gasteiger partial charge in [0.15, 0.2) is 0 Å². The van der Waals surface area contributed by atoms with Crippen molar-refractivity contribution in [1.82, 2.24) is 28.7 Å². The molecule has 0 radical (unpaired) electrons. The average molecular weight is 360 g/mol. The first-order valence-corrected chi connectivity index (χ1v) is 8.51. The first-order valence-electron chi connectivity index (χ1n) is 7.78. The van der Waals surface area contributed by atoms with Gasteiger partial charge in [-0.25, -0.2) is 4.79 Å². The largest absolute Gasteiger partial charge is 0.382 e. The molecule has 9 heteroatoms. The number of amides is 2. The maximum atomic E-state index is 12.6. The van der Waals surface area contributed by atoms with E-state index in [4.69, 9.17) is 4.74 Å². The van der Waals surface area contributed by atoms with Gasteiger partial charge >= 0.3 is 6.03 Å². The molecule has 0 saturated heterocycles. The second-order valence-corrected chi connectivity index (χ2v) is 6.31. The SMILES string of the molecule is COC[C@@H](NC(=O)N(C)Cc1ccc2nsnc2c1)c1ccnn1C. The van der Waals surface area contributed by atoms with E-state index in [0.29, 0.717) is 13.2 Å². The Hall–Kier alpha value is -2.52. The van der Waals surface area contributed by atoms with Crippen LogP contribution in [0.2, 0.25) is 0 Å². The van der Waals surface area contributed by atoms with E-state index in [1.807, 2.05) is 31.3 Å². The van der Waals surface area contributed by atoms with Crippen molar-refractivity contribution >= 4 is 28.8 Å². The molecule has 0 aliphatic carbocycles. The van der Waals surface area contributed by atoms with Gasteiger partial charge < -0.3 is 15.0 Å². The minimum Gasteiger partial charge on any atom is -0.382 e. The normalized spacial score (nSPS) is 12.3. The third kappa shape index (κ3) is 3.94. The van der Waals surface area contributed by atoms with Crippen LogP contribution in [-0.2, 0) is 18.3 Å². The van der Waals surface area contributed by atoms with Crippen LogP contribution in [0.1, 0.15) is 17.3 Å². The lowest BCUT2D eigenvalue weighted by Crippen LogP contribution is -2.41. The fourth-order valence-electron chi connectivity index (χ4n) is 2.62. The molecule has 0 bridgehead atoms. The van der Waals surface area contributed by atoms with Gasteiger partial charge in [0.25, 0.3) is 0 Å². The van der Waals surface area contributed by atoms with Gasteiger partial charge in [0.2, 0.25) is 0 Å². The minimum absolute atomic E-state index is 0.181. The highest BCUT2D eigenvalue weighted by molar-refractivity contribution is 7.00. The number of rotatable bonds is 6. The van der Waals surface area contributed by atoms with Gasteiger partial charge in [-0.2, -0.15) is 13.8 Å². The van der Waals surface area contributed by atoms with Crippen LogP contribution in [0.3, 0.4) is 0 Å². The molecule has 0 unspecified atom stereocenters. The van der Waals surface area contributed by atoms with Crippen molar-refractivity contribution in [3.05, 3.63) is 41.7 Å². The second kappa shape index (κ2) is 7.58. The molecule has 0 aliphatic heterocycles. The topological polar surface area (TPSA) is 85.2 Å². The zero-order valence-corrected chi connectivity index (χ0v) is 15.2. The zero-order valence-electron chi connectivity index (χ0n) is 14.3. The molecular formula is C16H20N6O2S. The third-order valence-electron chi connectivity index (χ3n) is 3.93. The van der Waals surface area contributed by atoms with E-state index >= 15 is 0 Å². The number of aryl methyl sites for hydroxylation is 1. The molecule has 0 saturated carbocycles. The summed E-state index contributed by atoms with van der Waals surface area (Å²) in [5, 5.41) is 7.14. The van der Waals surface area contributed by atoms with E-state index in [0.717, 1.165) is 22.3 Å². The summed E-state index contributed by atoms with van der Waals surface area (Å²) in [6.45, 7) is 0.847. The van der Waals surface area contributed by atoms with Crippen molar-refractivity contribution in [2.45, 2.75) is 12.6 Å². The number of carbonyl (C=O) groups is 1. The quantitative estimate of drug-likeness (QED) is 0.726. The van der Waals surface area contributed by atoms with Crippen LogP contribution >= 0.6 is 11.7 Å². The lowest BCUT2D eigenvalue weighted by Gasteiger charge is -2.23. The highest BCUT2D eigenvalue weighted by Crippen LogP contribution is 2.16. The first kappa shape index (κ1) is 17.3. The molecule has 0 spiro atoms. The Morgan fingerprint density at radius 3 is 2.88 bits per heavy atom. The first-order chi connectivity index (χ1) is 12.1. The van der Waals surface area contributed by atoms with Crippen molar-refractivity contribution in [3.63, 3.8) is 0 Å². The Labute approximate surface area is 149 Å². The summed E-state index contributed by atoms with van der Waals surface area (Å²) < 4.78 is 15.4. The Balaban J connectivity index is 1.67. The number of nitrogens with zero attached hydrogens (tertiary/aromatic N) is 5. The monoisotopic (exact) mass is 360 g/mol. The third-order valence-corrected chi connectivity index (χ3v) is 4.49. The molecule has 3 rings (SSSR count). The molecule has 3 aromatic rings. The Bertz CT molecular complexity index is 861. The summed E-state index contributed by atoms with van der Waals surface area (Å²) in [7, 11) is 5.20. The minimum atomic E-state index is -0.266. The van der Waals surface area contributed by atoms with Crippen molar-refractivity contribution < 1.29 is 9.53 Å².